The van der Waals surface area contributed by atoms with E-state index in [9.17, 15) is 14.4 Å². The van der Waals surface area contributed by atoms with Gasteiger partial charge in [-0.1, -0.05) is 23.7 Å². The maximum atomic E-state index is 13.0. The lowest BCUT2D eigenvalue weighted by atomic mass is 9.76. The van der Waals surface area contributed by atoms with E-state index in [1.807, 2.05) is 6.92 Å². The molecule has 4 atom stereocenters. The Morgan fingerprint density at radius 3 is 2.76 bits per heavy atom. The number of anilines is 1. The Kier molecular flexibility index (Phi) is 3.64. The Balaban J connectivity index is 1.84. The van der Waals surface area contributed by atoms with Crippen molar-refractivity contribution in [1.29, 1.82) is 0 Å². The van der Waals surface area contributed by atoms with E-state index in [0.717, 1.165) is 0 Å². The number of benzene rings is 1. The first-order valence-electron chi connectivity index (χ1n) is 8.15. The number of para-hydroxylation sites is 1. The van der Waals surface area contributed by atoms with Crippen molar-refractivity contribution in [2.75, 3.05) is 25.6 Å². The Morgan fingerprint density at radius 2 is 2.04 bits per heavy atom. The molecule has 0 bridgehead atoms. The summed E-state index contributed by atoms with van der Waals surface area (Å²) in [6.45, 7) is 2.28. The first kappa shape index (κ1) is 16.5. The third kappa shape index (κ3) is 1.97. The van der Waals surface area contributed by atoms with Crippen molar-refractivity contribution >= 4 is 35.0 Å². The molecule has 3 amide bonds. The molecule has 0 aromatic heterocycles. The van der Waals surface area contributed by atoms with Gasteiger partial charge in [0, 0.05) is 18.7 Å². The van der Waals surface area contributed by atoms with E-state index in [4.69, 9.17) is 16.3 Å². The van der Waals surface area contributed by atoms with Crippen LogP contribution in [-0.2, 0) is 24.7 Å². The van der Waals surface area contributed by atoms with Crippen LogP contribution in [0.3, 0.4) is 0 Å². The number of halogens is 1. The molecule has 1 aromatic carbocycles. The highest BCUT2D eigenvalue weighted by atomic mass is 35.5. The van der Waals surface area contributed by atoms with Gasteiger partial charge in [-0.15, -0.1) is 0 Å². The molecular formula is C17H18ClN3O4. The molecule has 0 aliphatic carbocycles. The lowest BCUT2D eigenvalue weighted by Gasteiger charge is -2.29. The molecule has 1 spiro atoms. The van der Waals surface area contributed by atoms with Crippen LogP contribution in [0.4, 0.5) is 5.69 Å². The number of amides is 3. The van der Waals surface area contributed by atoms with E-state index in [-0.39, 0.29) is 36.9 Å². The SMILES string of the molecule is COCCN1C(=O)[C@H]2[C@@H](C1=O)[C@@]1(N[C@@H]2C)C(=O)Nc2c(Cl)cccc21. The second kappa shape index (κ2) is 5.52. The van der Waals surface area contributed by atoms with E-state index >= 15 is 0 Å². The molecule has 0 unspecified atom stereocenters. The zero-order valence-corrected chi connectivity index (χ0v) is 14.6. The molecule has 2 N–H and O–H groups in total. The Morgan fingerprint density at radius 1 is 1.28 bits per heavy atom. The molecule has 25 heavy (non-hydrogen) atoms. The van der Waals surface area contributed by atoms with E-state index in [0.29, 0.717) is 16.3 Å². The number of methoxy groups -OCH3 is 1. The fourth-order valence-electron chi connectivity index (χ4n) is 4.42. The maximum absolute atomic E-state index is 13.0. The van der Waals surface area contributed by atoms with Gasteiger partial charge in [0.2, 0.25) is 17.7 Å². The van der Waals surface area contributed by atoms with Gasteiger partial charge in [-0.2, -0.15) is 0 Å². The van der Waals surface area contributed by atoms with Crippen molar-refractivity contribution in [1.82, 2.24) is 10.2 Å². The van der Waals surface area contributed by atoms with E-state index in [2.05, 4.69) is 10.6 Å². The largest absolute Gasteiger partial charge is 0.383 e. The van der Waals surface area contributed by atoms with Crippen LogP contribution in [0, 0.1) is 11.8 Å². The van der Waals surface area contributed by atoms with Crippen molar-refractivity contribution < 1.29 is 19.1 Å². The third-order valence-corrected chi connectivity index (χ3v) is 5.77. The summed E-state index contributed by atoms with van der Waals surface area (Å²) in [5, 5.41) is 6.43. The van der Waals surface area contributed by atoms with Gasteiger partial charge in [-0.3, -0.25) is 24.6 Å². The van der Waals surface area contributed by atoms with Crippen LogP contribution in [0.25, 0.3) is 0 Å². The number of nitrogens with zero attached hydrogens (tertiary/aromatic N) is 1. The molecule has 0 saturated carbocycles. The van der Waals surface area contributed by atoms with Crippen LogP contribution in [0.15, 0.2) is 18.2 Å². The number of hydrogen-bond donors (Lipinski definition) is 2. The van der Waals surface area contributed by atoms with Gasteiger partial charge in [0.15, 0.2) is 0 Å². The number of hydrogen-bond acceptors (Lipinski definition) is 5. The molecule has 3 aliphatic rings. The second-order valence-electron chi connectivity index (χ2n) is 6.68. The lowest BCUT2D eigenvalue weighted by molar-refractivity contribution is -0.143. The molecule has 8 heteroatoms. The highest BCUT2D eigenvalue weighted by Gasteiger charge is 2.69. The summed E-state index contributed by atoms with van der Waals surface area (Å²) in [4.78, 5) is 40.0. The average molecular weight is 364 g/mol. The lowest BCUT2D eigenvalue weighted by Crippen LogP contribution is -2.53. The fourth-order valence-corrected chi connectivity index (χ4v) is 4.64. The maximum Gasteiger partial charge on any atom is 0.250 e. The van der Waals surface area contributed by atoms with Gasteiger partial charge in [-0.25, -0.2) is 0 Å². The molecule has 2 fully saturated rings. The predicted octanol–water partition coefficient (Wildman–Crippen LogP) is 0.727. The van der Waals surface area contributed by atoms with Crippen LogP contribution in [-0.4, -0.2) is 48.9 Å². The Bertz CT molecular complexity index is 798. The summed E-state index contributed by atoms with van der Waals surface area (Å²) in [5.74, 6) is -2.31. The molecular weight excluding hydrogens is 346 g/mol. The molecule has 2 saturated heterocycles. The minimum Gasteiger partial charge on any atom is -0.383 e. The van der Waals surface area contributed by atoms with Crippen molar-refractivity contribution in [3.05, 3.63) is 28.8 Å². The molecule has 3 aliphatic heterocycles. The van der Waals surface area contributed by atoms with Crippen LogP contribution in [0.2, 0.25) is 5.02 Å². The van der Waals surface area contributed by atoms with E-state index in [1.54, 1.807) is 18.2 Å². The first-order valence-corrected chi connectivity index (χ1v) is 8.53. The number of imide groups is 1. The quantitative estimate of drug-likeness (QED) is 0.773. The third-order valence-electron chi connectivity index (χ3n) is 5.46. The number of likely N-dealkylation sites (tertiary alicyclic amines) is 1. The molecule has 0 radical (unpaired) electrons. The van der Waals surface area contributed by atoms with Crippen LogP contribution in [0.1, 0.15) is 12.5 Å². The van der Waals surface area contributed by atoms with Crippen LogP contribution < -0.4 is 10.6 Å². The summed E-state index contributed by atoms with van der Waals surface area (Å²) in [6.07, 6.45) is 0. The monoisotopic (exact) mass is 363 g/mol. The van der Waals surface area contributed by atoms with Gasteiger partial charge in [-0.05, 0) is 13.0 Å². The van der Waals surface area contributed by atoms with Gasteiger partial charge in [0.05, 0.1) is 35.7 Å². The number of carbonyl (C=O) groups excluding carboxylic acids is 3. The molecule has 3 heterocycles. The average Bonchev–Trinajstić information content (AvgIpc) is 3.13. The topological polar surface area (TPSA) is 87.7 Å². The molecule has 4 rings (SSSR count). The van der Waals surface area contributed by atoms with Gasteiger partial charge >= 0.3 is 0 Å². The van der Waals surface area contributed by atoms with Crippen LogP contribution in [0.5, 0.6) is 0 Å². The minimum absolute atomic E-state index is 0.188. The van der Waals surface area contributed by atoms with E-state index < -0.39 is 17.4 Å². The zero-order chi connectivity index (χ0) is 17.9. The van der Waals surface area contributed by atoms with Crippen molar-refractivity contribution in [2.45, 2.75) is 18.5 Å². The predicted molar refractivity (Wildman–Crippen MR) is 89.9 cm³/mol. The summed E-state index contributed by atoms with van der Waals surface area (Å²) in [5.41, 5.74) is -0.136. The Hall–Kier alpha value is -1.96. The van der Waals surface area contributed by atoms with Gasteiger partial charge < -0.3 is 10.1 Å². The number of fused-ring (bicyclic) bond motifs is 4. The smallest absolute Gasteiger partial charge is 0.250 e. The zero-order valence-electron chi connectivity index (χ0n) is 13.8. The van der Waals surface area contributed by atoms with Crippen molar-refractivity contribution in [3.63, 3.8) is 0 Å². The van der Waals surface area contributed by atoms with Gasteiger partial charge in [0.1, 0.15) is 5.54 Å². The molecule has 7 nitrogen and oxygen atoms in total. The fraction of sp³-hybridized carbons (Fsp3) is 0.471. The normalized spacial score (nSPS) is 33.2. The number of carbonyl (C=O) groups is 3. The summed E-state index contributed by atoms with van der Waals surface area (Å²) in [7, 11) is 1.51. The minimum atomic E-state index is -1.26. The summed E-state index contributed by atoms with van der Waals surface area (Å²) < 4.78 is 5.00. The number of ether oxygens (including phenoxy) is 1. The highest BCUT2D eigenvalue weighted by molar-refractivity contribution is 6.35. The van der Waals surface area contributed by atoms with Gasteiger partial charge in [0.25, 0.3) is 0 Å². The number of nitrogens with one attached hydrogen (secondary N) is 2. The highest BCUT2D eigenvalue weighted by Crippen LogP contribution is 2.53. The first-order chi connectivity index (χ1) is 11.9. The Labute approximate surface area is 149 Å². The van der Waals surface area contributed by atoms with E-state index in [1.165, 1.54) is 12.0 Å². The second-order valence-corrected chi connectivity index (χ2v) is 7.09. The van der Waals surface area contributed by atoms with Crippen molar-refractivity contribution in [3.8, 4) is 0 Å². The van der Waals surface area contributed by atoms with Crippen molar-refractivity contribution in [2.24, 2.45) is 11.8 Å². The van der Waals surface area contributed by atoms with Crippen LogP contribution >= 0.6 is 11.6 Å². The molecule has 1 aromatic rings. The number of rotatable bonds is 3. The standard InChI is InChI=1S/C17H18ClN3O4/c1-8-11-12(15(23)21(14(11)22)6-7-25-2)17(20-8)9-4-3-5-10(18)13(9)19-16(17)24/h3-5,8,11-12,20H,6-7H2,1-2H3,(H,19,24)/t8-,11-,12+,17-/m1/s1. The summed E-state index contributed by atoms with van der Waals surface area (Å²) in [6, 6.07) is 4.88. The molecule has 132 valence electrons. The summed E-state index contributed by atoms with van der Waals surface area (Å²) >= 11 is 6.22.